The lowest BCUT2D eigenvalue weighted by atomic mass is 10.1. The molecule has 2 aromatic rings. The van der Waals surface area contributed by atoms with Crippen molar-refractivity contribution < 1.29 is 19.5 Å². The Morgan fingerprint density at radius 2 is 1.66 bits per heavy atom. The van der Waals surface area contributed by atoms with Crippen LogP contribution in [0, 0.1) is 0 Å². The van der Waals surface area contributed by atoms with E-state index in [1.807, 2.05) is 48.5 Å². The Morgan fingerprint density at radius 3 is 2.31 bits per heavy atom. The molecule has 0 saturated carbocycles. The molecule has 0 aromatic heterocycles. The largest absolute Gasteiger partial charge is 0.379 e. The predicted molar refractivity (Wildman–Crippen MR) is 111 cm³/mol. The van der Waals surface area contributed by atoms with Crippen LogP contribution in [0.25, 0.3) is 12.2 Å². The van der Waals surface area contributed by atoms with Crippen LogP contribution in [0.3, 0.4) is 0 Å². The van der Waals surface area contributed by atoms with E-state index < -0.39 is 5.91 Å². The zero-order chi connectivity index (χ0) is 20.5. The first kappa shape index (κ1) is 20.7. The molecule has 150 valence electrons. The third kappa shape index (κ3) is 6.50. The Kier molecular flexibility index (Phi) is 7.47. The van der Waals surface area contributed by atoms with Gasteiger partial charge in [0.1, 0.15) is 0 Å². The topological polar surface area (TPSA) is 78.9 Å². The fraction of sp³-hybridized carbons (Fsp3) is 0.217. The molecule has 0 unspecified atom stereocenters. The lowest BCUT2D eigenvalue weighted by molar-refractivity contribution is -0.124. The van der Waals surface area contributed by atoms with Gasteiger partial charge in [-0.25, -0.2) is 5.48 Å². The summed E-state index contributed by atoms with van der Waals surface area (Å²) >= 11 is 0. The van der Waals surface area contributed by atoms with E-state index in [2.05, 4.69) is 4.90 Å². The summed E-state index contributed by atoms with van der Waals surface area (Å²) in [6.45, 7) is 4.27. The molecule has 2 aromatic carbocycles. The first-order valence-electron chi connectivity index (χ1n) is 9.48. The van der Waals surface area contributed by atoms with Crippen LogP contribution >= 0.6 is 0 Å². The summed E-state index contributed by atoms with van der Waals surface area (Å²) in [4.78, 5) is 25.9. The number of hydrogen-bond donors (Lipinski definition) is 2. The molecule has 3 rings (SSSR count). The number of carbonyl (C=O) groups is 2. The van der Waals surface area contributed by atoms with Gasteiger partial charge < -0.3 is 4.74 Å². The number of nitrogens with zero attached hydrogens (tertiary/aromatic N) is 1. The highest BCUT2D eigenvalue weighted by Gasteiger charge is 2.11. The molecule has 0 bridgehead atoms. The second-order valence-electron chi connectivity index (χ2n) is 6.76. The number of amides is 1. The van der Waals surface area contributed by atoms with Gasteiger partial charge in [-0.3, -0.25) is 19.7 Å². The fourth-order valence-electron chi connectivity index (χ4n) is 3.04. The molecule has 0 aliphatic carbocycles. The van der Waals surface area contributed by atoms with Crippen LogP contribution in [-0.2, 0) is 16.1 Å². The molecule has 29 heavy (non-hydrogen) atoms. The van der Waals surface area contributed by atoms with Crippen molar-refractivity contribution in [3.8, 4) is 0 Å². The summed E-state index contributed by atoms with van der Waals surface area (Å²) in [6, 6.07) is 15.1. The molecule has 1 amide bonds. The maximum Gasteiger partial charge on any atom is 0.267 e. The second kappa shape index (κ2) is 10.5. The third-order valence-electron chi connectivity index (χ3n) is 4.62. The lowest BCUT2D eigenvalue weighted by Crippen LogP contribution is -2.35. The van der Waals surface area contributed by atoms with Crippen molar-refractivity contribution in [1.29, 1.82) is 0 Å². The summed E-state index contributed by atoms with van der Waals surface area (Å²) in [5.41, 5.74) is 4.99. The summed E-state index contributed by atoms with van der Waals surface area (Å²) in [5.74, 6) is -0.665. The number of benzene rings is 2. The van der Waals surface area contributed by atoms with Gasteiger partial charge in [0, 0.05) is 31.3 Å². The first-order valence-corrected chi connectivity index (χ1v) is 9.48. The lowest BCUT2D eigenvalue weighted by Gasteiger charge is -2.26. The van der Waals surface area contributed by atoms with Crippen LogP contribution in [0.4, 0.5) is 0 Å². The number of allylic oxidation sites excluding steroid dienone is 1. The van der Waals surface area contributed by atoms with Crippen LogP contribution in [-0.4, -0.2) is 48.1 Å². The molecule has 0 atom stereocenters. The number of rotatable bonds is 7. The molecular formula is C23H24N2O4. The van der Waals surface area contributed by atoms with Crippen molar-refractivity contribution >= 4 is 23.8 Å². The standard InChI is InChI=1S/C23H24N2O4/c26-22(10-6-18-2-1-3-19(16-18)7-11-23(27)24-28)21-8-4-20(5-9-21)17-25-12-14-29-15-13-25/h1-11,16,28H,12-15,17H2,(H,24,27)/b10-6+,11-7+. The van der Waals surface area contributed by atoms with E-state index in [9.17, 15) is 9.59 Å². The molecule has 1 fully saturated rings. The molecule has 1 aliphatic rings. The monoisotopic (exact) mass is 392 g/mol. The summed E-state index contributed by atoms with van der Waals surface area (Å²) < 4.78 is 5.36. The van der Waals surface area contributed by atoms with E-state index in [-0.39, 0.29) is 5.78 Å². The van der Waals surface area contributed by atoms with Crippen molar-refractivity contribution in [1.82, 2.24) is 10.4 Å². The molecule has 6 nitrogen and oxygen atoms in total. The van der Waals surface area contributed by atoms with Crippen molar-refractivity contribution in [2.75, 3.05) is 26.3 Å². The van der Waals surface area contributed by atoms with E-state index in [1.165, 1.54) is 11.6 Å². The van der Waals surface area contributed by atoms with Crippen molar-refractivity contribution in [3.05, 3.63) is 82.9 Å². The third-order valence-corrected chi connectivity index (χ3v) is 4.62. The average Bonchev–Trinajstić information content (AvgIpc) is 2.77. The molecule has 1 heterocycles. The van der Waals surface area contributed by atoms with Crippen LogP contribution in [0.5, 0.6) is 0 Å². The molecule has 6 heteroatoms. The predicted octanol–water partition coefficient (Wildman–Crippen LogP) is 2.93. The highest BCUT2D eigenvalue weighted by Crippen LogP contribution is 2.12. The van der Waals surface area contributed by atoms with Gasteiger partial charge in [-0.05, 0) is 34.9 Å². The van der Waals surface area contributed by atoms with E-state index in [0.29, 0.717) is 5.56 Å². The van der Waals surface area contributed by atoms with Gasteiger partial charge in [0.05, 0.1) is 13.2 Å². The van der Waals surface area contributed by atoms with E-state index >= 15 is 0 Å². The Hall–Kier alpha value is -3.06. The number of hydrogen-bond acceptors (Lipinski definition) is 5. The molecule has 0 radical (unpaired) electrons. The van der Waals surface area contributed by atoms with Gasteiger partial charge in [-0.15, -0.1) is 0 Å². The summed E-state index contributed by atoms with van der Waals surface area (Å²) in [6.07, 6.45) is 6.10. The number of morpholine rings is 1. The van der Waals surface area contributed by atoms with Crippen LogP contribution in [0.2, 0.25) is 0 Å². The van der Waals surface area contributed by atoms with Crippen molar-refractivity contribution in [2.45, 2.75) is 6.54 Å². The zero-order valence-corrected chi connectivity index (χ0v) is 16.1. The minimum absolute atomic E-state index is 0.0662. The smallest absolute Gasteiger partial charge is 0.267 e. The van der Waals surface area contributed by atoms with E-state index in [4.69, 9.17) is 9.94 Å². The van der Waals surface area contributed by atoms with Crippen molar-refractivity contribution in [3.63, 3.8) is 0 Å². The van der Waals surface area contributed by atoms with Gasteiger partial charge in [0.15, 0.2) is 5.78 Å². The Morgan fingerprint density at radius 1 is 1.00 bits per heavy atom. The van der Waals surface area contributed by atoms with Crippen LogP contribution in [0.1, 0.15) is 27.0 Å². The molecule has 2 N–H and O–H groups in total. The zero-order valence-electron chi connectivity index (χ0n) is 16.1. The maximum absolute atomic E-state index is 12.4. The van der Waals surface area contributed by atoms with Crippen LogP contribution in [0.15, 0.2) is 60.7 Å². The highest BCUT2D eigenvalue weighted by molar-refractivity contribution is 6.06. The first-order chi connectivity index (χ1) is 14.1. The van der Waals surface area contributed by atoms with Gasteiger partial charge >= 0.3 is 0 Å². The summed E-state index contributed by atoms with van der Waals surface area (Å²) in [7, 11) is 0. The van der Waals surface area contributed by atoms with Gasteiger partial charge in [-0.1, -0.05) is 48.5 Å². The van der Waals surface area contributed by atoms with Gasteiger partial charge in [-0.2, -0.15) is 0 Å². The SMILES string of the molecule is O=C(/C=C/c1cccc(/C=C/C(=O)c2ccc(CN3CCOCC3)cc2)c1)NO. The number of nitrogens with one attached hydrogen (secondary N) is 1. The number of hydroxylamine groups is 1. The van der Waals surface area contributed by atoms with E-state index in [1.54, 1.807) is 23.7 Å². The molecular weight excluding hydrogens is 368 g/mol. The minimum Gasteiger partial charge on any atom is -0.379 e. The van der Waals surface area contributed by atoms with Gasteiger partial charge in [0.25, 0.3) is 5.91 Å². The maximum atomic E-state index is 12.4. The number of carbonyl (C=O) groups excluding carboxylic acids is 2. The Bertz CT molecular complexity index is 897. The molecule has 1 saturated heterocycles. The Balaban J connectivity index is 1.60. The second-order valence-corrected chi connectivity index (χ2v) is 6.76. The average molecular weight is 392 g/mol. The normalized spacial score (nSPS) is 15.1. The molecule has 0 spiro atoms. The quantitative estimate of drug-likeness (QED) is 0.328. The fourth-order valence-corrected chi connectivity index (χ4v) is 3.04. The molecule has 1 aliphatic heterocycles. The minimum atomic E-state index is -0.599. The highest BCUT2D eigenvalue weighted by atomic mass is 16.5. The van der Waals surface area contributed by atoms with Crippen molar-refractivity contribution in [2.24, 2.45) is 0 Å². The number of ether oxygens (including phenoxy) is 1. The Labute approximate surface area is 170 Å². The van der Waals surface area contributed by atoms with Crippen LogP contribution < -0.4 is 5.48 Å². The van der Waals surface area contributed by atoms with E-state index in [0.717, 1.165) is 44.0 Å². The number of ketones is 1. The summed E-state index contributed by atoms with van der Waals surface area (Å²) in [5, 5.41) is 8.51. The van der Waals surface area contributed by atoms with Gasteiger partial charge in [0.2, 0.25) is 0 Å².